The molecular weight excluding hydrogens is 633 g/mol. The minimum absolute atomic E-state index is 0.948. The quantitative estimate of drug-likeness (QED) is 0.184. The predicted molar refractivity (Wildman–Crippen MR) is 216 cm³/mol. The van der Waals surface area contributed by atoms with Crippen LogP contribution in [0.1, 0.15) is 12.0 Å². The highest BCUT2D eigenvalue weighted by Crippen LogP contribution is 2.40. The second-order valence-corrected chi connectivity index (χ2v) is 13.4. The van der Waals surface area contributed by atoms with Crippen LogP contribution in [-0.4, -0.2) is 21.2 Å². The Hall–Kier alpha value is -6.78. The molecule has 3 aromatic heterocycles. The minimum Gasteiger partial charge on any atom is -0.259 e. The van der Waals surface area contributed by atoms with Crippen LogP contribution in [0.3, 0.4) is 0 Å². The SMILES string of the molecule is C1=Nc2c(c(-c3ccc(-c4ccc5cc(-c6ccc7nc(-c8cccc(-c9ccccc9)c8)ccc7c6)ccc5n4)cc3)cc3cccnc23)CC1. The lowest BCUT2D eigenvalue weighted by Gasteiger charge is -2.17. The topological polar surface area (TPSA) is 51.0 Å². The predicted octanol–water partition coefficient (Wildman–Crippen LogP) is 12.3. The molecule has 4 nitrogen and oxygen atoms in total. The van der Waals surface area contributed by atoms with Crippen LogP contribution in [0.5, 0.6) is 0 Å². The number of hydrogen-bond acceptors (Lipinski definition) is 4. The first-order chi connectivity index (χ1) is 25.7. The molecule has 6 aromatic carbocycles. The second kappa shape index (κ2) is 12.5. The van der Waals surface area contributed by atoms with Gasteiger partial charge < -0.3 is 0 Å². The zero-order valence-corrected chi connectivity index (χ0v) is 28.4. The summed E-state index contributed by atoms with van der Waals surface area (Å²) in [6.45, 7) is 0. The molecule has 1 aliphatic rings. The summed E-state index contributed by atoms with van der Waals surface area (Å²) in [4.78, 5) is 19.5. The lowest BCUT2D eigenvalue weighted by molar-refractivity contribution is 1.03. The molecule has 0 saturated carbocycles. The van der Waals surface area contributed by atoms with Gasteiger partial charge in [0, 0.05) is 39.7 Å². The maximum absolute atomic E-state index is 5.07. The second-order valence-electron chi connectivity index (χ2n) is 13.4. The molecular formula is C48H32N4. The Labute approximate surface area is 301 Å². The van der Waals surface area contributed by atoms with Crippen LogP contribution >= 0.6 is 0 Å². The van der Waals surface area contributed by atoms with E-state index in [1.54, 1.807) is 0 Å². The number of benzene rings is 6. The summed E-state index contributed by atoms with van der Waals surface area (Å²) in [7, 11) is 0. The van der Waals surface area contributed by atoms with Crippen molar-refractivity contribution >= 4 is 44.6 Å². The van der Waals surface area contributed by atoms with E-state index in [-0.39, 0.29) is 0 Å². The van der Waals surface area contributed by atoms with Crippen LogP contribution < -0.4 is 0 Å². The van der Waals surface area contributed by atoms with Crippen LogP contribution in [-0.2, 0) is 6.42 Å². The molecule has 4 heterocycles. The van der Waals surface area contributed by atoms with E-state index >= 15 is 0 Å². The number of hydrogen-bond donors (Lipinski definition) is 0. The van der Waals surface area contributed by atoms with Crippen LogP contribution in [0.2, 0.25) is 0 Å². The van der Waals surface area contributed by atoms with E-state index in [1.807, 2.05) is 24.5 Å². The third kappa shape index (κ3) is 5.42. The van der Waals surface area contributed by atoms with Gasteiger partial charge in [0.25, 0.3) is 0 Å². The van der Waals surface area contributed by atoms with Crippen molar-refractivity contribution in [2.75, 3.05) is 0 Å². The molecule has 9 aromatic rings. The van der Waals surface area contributed by atoms with Gasteiger partial charge in [0.05, 0.1) is 33.6 Å². The largest absolute Gasteiger partial charge is 0.259 e. The van der Waals surface area contributed by atoms with Crippen molar-refractivity contribution in [3.63, 3.8) is 0 Å². The summed E-state index contributed by atoms with van der Waals surface area (Å²) in [5.41, 5.74) is 16.5. The van der Waals surface area contributed by atoms with E-state index in [9.17, 15) is 0 Å². The number of nitrogens with zero attached hydrogens (tertiary/aromatic N) is 4. The molecule has 0 N–H and O–H groups in total. The first-order valence-electron chi connectivity index (χ1n) is 17.8. The number of fused-ring (bicyclic) bond motifs is 5. The third-order valence-electron chi connectivity index (χ3n) is 10.2. The Bertz CT molecular complexity index is 2840. The summed E-state index contributed by atoms with van der Waals surface area (Å²) >= 11 is 0. The highest BCUT2D eigenvalue weighted by molar-refractivity contribution is 5.99. The smallest absolute Gasteiger partial charge is 0.0961 e. The normalized spacial score (nSPS) is 12.4. The average Bonchev–Trinajstić information content (AvgIpc) is 3.23. The van der Waals surface area contributed by atoms with E-state index in [1.165, 1.54) is 27.8 Å². The van der Waals surface area contributed by atoms with Gasteiger partial charge in [-0.05, 0) is 106 Å². The van der Waals surface area contributed by atoms with Crippen molar-refractivity contribution < 1.29 is 0 Å². The number of aromatic nitrogens is 3. The van der Waals surface area contributed by atoms with E-state index in [4.69, 9.17) is 15.0 Å². The Kier molecular flexibility index (Phi) is 7.24. The third-order valence-corrected chi connectivity index (χ3v) is 10.2. The summed E-state index contributed by atoms with van der Waals surface area (Å²) in [5, 5.41) is 3.35. The fraction of sp³-hybridized carbons (Fsp3) is 0.0417. The molecule has 0 bridgehead atoms. The van der Waals surface area contributed by atoms with E-state index in [2.05, 4.69) is 151 Å². The molecule has 0 unspecified atom stereocenters. The van der Waals surface area contributed by atoms with Gasteiger partial charge in [0.2, 0.25) is 0 Å². The molecule has 244 valence electrons. The van der Waals surface area contributed by atoms with Gasteiger partial charge in [-0.25, -0.2) is 9.97 Å². The van der Waals surface area contributed by atoms with Crippen LogP contribution in [0.15, 0.2) is 169 Å². The molecule has 0 aliphatic carbocycles. The number of pyridine rings is 3. The maximum Gasteiger partial charge on any atom is 0.0961 e. The summed E-state index contributed by atoms with van der Waals surface area (Å²) in [5.74, 6) is 0. The Morgan fingerprint density at radius 1 is 0.423 bits per heavy atom. The lowest BCUT2D eigenvalue weighted by atomic mass is 9.91. The molecule has 0 amide bonds. The summed E-state index contributed by atoms with van der Waals surface area (Å²) in [6.07, 6.45) is 5.78. The van der Waals surface area contributed by atoms with Crippen molar-refractivity contribution in [2.45, 2.75) is 12.8 Å². The fourth-order valence-corrected chi connectivity index (χ4v) is 7.50. The molecule has 52 heavy (non-hydrogen) atoms. The molecule has 0 saturated heterocycles. The Morgan fingerprint density at radius 2 is 1.06 bits per heavy atom. The molecule has 0 fully saturated rings. The zero-order valence-electron chi connectivity index (χ0n) is 28.4. The zero-order chi connectivity index (χ0) is 34.4. The first kappa shape index (κ1) is 30.1. The van der Waals surface area contributed by atoms with E-state index in [0.717, 1.165) is 84.9 Å². The molecule has 0 atom stereocenters. The highest BCUT2D eigenvalue weighted by atomic mass is 14.8. The Morgan fingerprint density at radius 3 is 1.81 bits per heavy atom. The first-order valence-corrected chi connectivity index (χ1v) is 17.8. The molecule has 10 rings (SSSR count). The fourth-order valence-electron chi connectivity index (χ4n) is 7.50. The van der Waals surface area contributed by atoms with Crippen molar-refractivity contribution in [1.29, 1.82) is 0 Å². The summed E-state index contributed by atoms with van der Waals surface area (Å²) < 4.78 is 0. The van der Waals surface area contributed by atoms with Crippen LogP contribution in [0.25, 0.3) is 88.6 Å². The van der Waals surface area contributed by atoms with Crippen molar-refractivity contribution in [3.05, 3.63) is 169 Å². The highest BCUT2D eigenvalue weighted by Gasteiger charge is 2.17. The summed E-state index contributed by atoms with van der Waals surface area (Å²) in [6, 6.07) is 55.9. The van der Waals surface area contributed by atoms with Crippen molar-refractivity contribution in [2.24, 2.45) is 4.99 Å². The molecule has 1 aliphatic heterocycles. The van der Waals surface area contributed by atoms with E-state index in [0.29, 0.717) is 0 Å². The van der Waals surface area contributed by atoms with Gasteiger partial charge in [-0.1, -0.05) is 103 Å². The number of rotatable bonds is 5. The van der Waals surface area contributed by atoms with Gasteiger partial charge in [-0.3, -0.25) is 9.98 Å². The van der Waals surface area contributed by atoms with E-state index < -0.39 is 0 Å². The van der Waals surface area contributed by atoms with Crippen LogP contribution in [0.4, 0.5) is 5.69 Å². The molecule has 0 radical (unpaired) electrons. The monoisotopic (exact) mass is 664 g/mol. The number of aliphatic imine (C=N–C) groups is 1. The van der Waals surface area contributed by atoms with Crippen LogP contribution in [0, 0.1) is 0 Å². The van der Waals surface area contributed by atoms with Gasteiger partial charge >= 0.3 is 0 Å². The van der Waals surface area contributed by atoms with Gasteiger partial charge in [-0.15, -0.1) is 0 Å². The average molecular weight is 665 g/mol. The standard InChI is InChI=1S/C48H32N4/c1-2-7-31(8-3-1)34-9-4-10-37(27-34)44-24-20-39-29-36(18-22-46(39)52-44)35-17-21-45-38(28-35)19-23-43(51-45)33-15-13-32(14-16-33)42-30-40-11-5-25-49-47(40)48-41(42)12-6-26-50-48/h1-5,7-11,13-30H,6,12H2. The van der Waals surface area contributed by atoms with Gasteiger partial charge in [-0.2, -0.15) is 0 Å². The maximum atomic E-state index is 5.07. The molecule has 4 heteroatoms. The minimum atomic E-state index is 0.948. The van der Waals surface area contributed by atoms with Crippen molar-refractivity contribution in [3.8, 4) is 55.9 Å². The van der Waals surface area contributed by atoms with Gasteiger partial charge in [0.1, 0.15) is 0 Å². The lowest BCUT2D eigenvalue weighted by Crippen LogP contribution is -1.99. The Balaban J connectivity index is 0.916. The van der Waals surface area contributed by atoms with Gasteiger partial charge in [0.15, 0.2) is 0 Å². The van der Waals surface area contributed by atoms with Crippen molar-refractivity contribution in [1.82, 2.24) is 15.0 Å². The molecule has 0 spiro atoms.